The van der Waals surface area contributed by atoms with E-state index in [1.807, 2.05) is 19.1 Å². The number of rotatable bonds is 7. The van der Waals surface area contributed by atoms with Crippen molar-refractivity contribution in [3.63, 3.8) is 0 Å². The van der Waals surface area contributed by atoms with E-state index in [0.29, 0.717) is 0 Å². The molecule has 1 heteroatoms. The van der Waals surface area contributed by atoms with E-state index >= 15 is 0 Å². The highest BCUT2D eigenvalue weighted by molar-refractivity contribution is 4.79. The van der Waals surface area contributed by atoms with Crippen molar-refractivity contribution < 1.29 is 5.11 Å². The molecule has 0 heterocycles. The van der Waals surface area contributed by atoms with Gasteiger partial charge in [-0.15, -0.1) is 0 Å². The summed E-state index contributed by atoms with van der Waals surface area (Å²) in [4.78, 5) is 0. The van der Waals surface area contributed by atoms with Crippen LogP contribution in [0.15, 0.2) is 12.2 Å². The molecule has 0 aromatic heterocycles. The monoisotopic (exact) mass is 170 g/mol. The van der Waals surface area contributed by atoms with Gasteiger partial charge < -0.3 is 5.11 Å². The highest BCUT2D eigenvalue weighted by Gasteiger charge is 1.99. The summed E-state index contributed by atoms with van der Waals surface area (Å²) >= 11 is 0. The Morgan fingerprint density at radius 1 is 1.25 bits per heavy atom. The number of unbranched alkanes of at least 4 members (excludes halogenated alkanes) is 3. The Labute approximate surface area is 76.5 Å². The average molecular weight is 170 g/mol. The van der Waals surface area contributed by atoms with Crippen molar-refractivity contribution in [1.82, 2.24) is 0 Å². The van der Waals surface area contributed by atoms with Gasteiger partial charge in [-0.3, -0.25) is 0 Å². The van der Waals surface area contributed by atoms with Gasteiger partial charge in [0.1, 0.15) is 0 Å². The maximum absolute atomic E-state index is 9.43. The summed E-state index contributed by atoms with van der Waals surface area (Å²) in [5.41, 5.74) is 0. The quantitative estimate of drug-likeness (QED) is 0.459. The minimum atomic E-state index is -0.113. The normalized spacial score (nSPS) is 13.9. The maximum Gasteiger partial charge on any atom is 0.0574 e. The third-order valence-electron chi connectivity index (χ3n) is 2.03. The molecule has 12 heavy (non-hydrogen) atoms. The van der Waals surface area contributed by atoms with E-state index in [9.17, 15) is 5.11 Å². The third kappa shape index (κ3) is 7.80. The Hall–Kier alpha value is -0.300. The van der Waals surface area contributed by atoms with Crippen LogP contribution in [0.2, 0.25) is 0 Å². The molecule has 0 rings (SSSR count). The van der Waals surface area contributed by atoms with Crippen LogP contribution in [0.1, 0.15) is 52.4 Å². The van der Waals surface area contributed by atoms with Crippen LogP contribution in [-0.4, -0.2) is 11.2 Å². The summed E-state index contributed by atoms with van der Waals surface area (Å²) in [6, 6.07) is 0. The number of allylic oxidation sites excluding steroid dienone is 1. The van der Waals surface area contributed by atoms with E-state index in [0.717, 1.165) is 12.8 Å². The lowest BCUT2D eigenvalue weighted by atomic mass is 10.1. The first-order valence-electron chi connectivity index (χ1n) is 5.10. The SMILES string of the molecule is C/C=C\C[C@@H](O)CCCCCC. The highest BCUT2D eigenvalue weighted by atomic mass is 16.3. The molecular weight excluding hydrogens is 148 g/mol. The van der Waals surface area contributed by atoms with Crippen molar-refractivity contribution in [3.05, 3.63) is 12.2 Å². The molecule has 0 aromatic rings. The summed E-state index contributed by atoms with van der Waals surface area (Å²) in [5.74, 6) is 0. The first-order valence-corrected chi connectivity index (χ1v) is 5.10. The largest absolute Gasteiger partial charge is 0.393 e. The zero-order valence-corrected chi connectivity index (χ0v) is 8.42. The van der Waals surface area contributed by atoms with E-state index in [1.54, 1.807) is 0 Å². The molecule has 72 valence electrons. The van der Waals surface area contributed by atoms with E-state index in [4.69, 9.17) is 0 Å². The van der Waals surface area contributed by atoms with E-state index in [2.05, 4.69) is 6.92 Å². The van der Waals surface area contributed by atoms with E-state index in [1.165, 1.54) is 25.7 Å². The van der Waals surface area contributed by atoms with Crippen LogP contribution in [0.25, 0.3) is 0 Å². The van der Waals surface area contributed by atoms with Crippen molar-refractivity contribution in [1.29, 1.82) is 0 Å². The van der Waals surface area contributed by atoms with Crippen LogP contribution in [0.4, 0.5) is 0 Å². The van der Waals surface area contributed by atoms with Crippen molar-refractivity contribution >= 4 is 0 Å². The molecule has 0 spiro atoms. The van der Waals surface area contributed by atoms with Crippen LogP contribution in [0.5, 0.6) is 0 Å². The minimum absolute atomic E-state index is 0.113. The molecule has 0 saturated carbocycles. The van der Waals surface area contributed by atoms with Gasteiger partial charge in [0.25, 0.3) is 0 Å². The summed E-state index contributed by atoms with van der Waals surface area (Å²) in [5, 5.41) is 9.43. The molecule has 0 bridgehead atoms. The molecule has 0 radical (unpaired) electrons. The van der Waals surface area contributed by atoms with Gasteiger partial charge in [0.2, 0.25) is 0 Å². The van der Waals surface area contributed by atoms with Gasteiger partial charge in [-0.2, -0.15) is 0 Å². The fraction of sp³-hybridized carbons (Fsp3) is 0.818. The van der Waals surface area contributed by atoms with Gasteiger partial charge >= 0.3 is 0 Å². The summed E-state index contributed by atoms with van der Waals surface area (Å²) in [6.07, 6.45) is 10.7. The standard InChI is InChI=1S/C11H22O/c1-3-5-7-8-10-11(12)9-6-4-2/h4,6,11-12H,3,5,7-10H2,1-2H3/b6-4-/t11-/m1/s1. The Bertz CT molecular complexity index is 108. The first-order chi connectivity index (χ1) is 5.81. The minimum Gasteiger partial charge on any atom is -0.393 e. The van der Waals surface area contributed by atoms with Crippen LogP contribution in [0, 0.1) is 0 Å². The molecule has 0 unspecified atom stereocenters. The van der Waals surface area contributed by atoms with Crippen LogP contribution < -0.4 is 0 Å². The molecule has 1 nitrogen and oxygen atoms in total. The first kappa shape index (κ1) is 11.7. The molecule has 0 amide bonds. The van der Waals surface area contributed by atoms with Gasteiger partial charge in [-0.1, -0.05) is 44.8 Å². The summed E-state index contributed by atoms with van der Waals surface area (Å²) in [7, 11) is 0. The molecule has 0 aliphatic rings. The number of hydrogen-bond donors (Lipinski definition) is 1. The zero-order valence-electron chi connectivity index (χ0n) is 8.42. The second-order valence-corrected chi connectivity index (χ2v) is 3.31. The van der Waals surface area contributed by atoms with Gasteiger partial charge in [0.15, 0.2) is 0 Å². The smallest absolute Gasteiger partial charge is 0.0574 e. The van der Waals surface area contributed by atoms with E-state index < -0.39 is 0 Å². The summed E-state index contributed by atoms with van der Waals surface area (Å²) in [6.45, 7) is 4.19. The van der Waals surface area contributed by atoms with Gasteiger partial charge in [-0.05, 0) is 19.8 Å². The van der Waals surface area contributed by atoms with Gasteiger partial charge in [-0.25, -0.2) is 0 Å². The lowest BCUT2D eigenvalue weighted by Gasteiger charge is -2.06. The topological polar surface area (TPSA) is 20.2 Å². The molecule has 0 fully saturated rings. The molecule has 0 aromatic carbocycles. The molecule has 0 aliphatic carbocycles. The van der Waals surface area contributed by atoms with Crippen molar-refractivity contribution in [2.24, 2.45) is 0 Å². The van der Waals surface area contributed by atoms with Crippen molar-refractivity contribution in [2.45, 2.75) is 58.5 Å². The van der Waals surface area contributed by atoms with Crippen molar-refractivity contribution in [2.75, 3.05) is 0 Å². The fourth-order valence-corrected chi connectivity index (χ4v) is 1.22. The predicted octanol–water partition coefficient (Wildman–Crippen LogP) is 3.28. The van der Waals surface area contributed by atoms with E-state index in [-0.39, 0.29) is 6.10 Å². The average Bonchev–Trinajstić information content (AvgIpc) is 2.09. The molecular formula is C11H22O. The van der Waals surface area contributed by atoms with Gasteiger partial charge in [0.05, 0.1) is 6.10 Å². The molecule has 0 aliphatic heterocycles. The third-order valence-corrected chi connectivity index (χ3v) is 2.03. The Morgan fingerprint density at radius 3 is 2.58 bits per heavy atom. The fourth-order valence-electron chi connectivity index (χ4n) is 1.22. The number of aliphatic hydroxyl groups excluding tert-OH is 1. The number of hydrogen-bond acceptors (Lipinski definition) is 1. The zero-order chi connectivity index (χ0) is 9.23. The second kappa shape index (κ2) is 8.79. The Kier molecular flexibility index (Phi) is 8.57. The lowest BCUT2D eigenvalue weighted by Crippen LogP contribution is -2.03. The Morgan fingerprint density at radius 2 is 2.00 bits per heavy atom. The maximum atomic E-state index is 9.43. The highest BCUT2D eigenvalue weighted by Crippen LogP contribution is 2.07. The second-order valence-electron chi connectivity index (χ2n) is 3.31. The van der Waals surface area contributed by atoms with Crippen LogP contribution in [-0.2, 0) is 0 Å². The van der Waals surface area contributed by atoms with Crippen LogP contribution >= 0.6 is 0 Å². The van der Waals surface area contributed by atoms with Gasteiger partial charge in [0, 0.05) is 0 Å². The predicted molar refractivity (Wildman–Crippen MR) is 54.2 cm³/mol. The molecule has 1 atom stereocenters. The van der Waals surface area contributed by atoms with Crippen LogP contribution in [0.3, 0.4) is 0 Å². The number of aliphatic hydroxyl groups is 1. The molecule has 0 saturated heterocycles. The Balaban J connectivity index is 3.13. The lowest BCUT2D eigenvalue weighted by molar-refractivity contribution is 0.164. The molecule has 1 N–H and O–H groups in total. The van der Waals surface area contributed by atoms with Crippen molar-refractivity contribution in [3.8, 4) is 0 Å². The summed E-state index contributed by atoms with van der Waals surface area (Å²) < 4.78 is 0.